The highest BCUT2D eigenvalue weighted by atomic mass is 32.1. The van der Waals surface area contributed by atoms with E-state index in [0.717, 1.165) is 42.8 Å². The second-order valence-electron chi connectivity index (χ2n) is 6.46. The van der Waals surface area contributed by atoms with Crippen molar-refractivity contribution in [2.24, 2.45) is 0 Å². The van der Waals surface area contributed by atoms with Crippen molar-refractivity contribution in [2.75, 3.05) is 18.4 Å². The fourth-order valence-electron chi connectivity index (χ4n) is 3.44. The highest BCUT2D eigenvalue weighted by molar-refractivity contribution is 7.09. The van der Waals surface area contributed by atoms with Crippen molar-refractivity contribution in [1.82, 2.24) is 14.9 Å². The first-order valence-electron chi connectivity index (χ1n) is 8.69. The summed E-state index contributed by atoms with van der Waals surface area (Å²) < 4.78 is 0. The Morgan fingerprint density at radius 1 is 1.20 bits per heavy atom. The lowest BCUT2D eigenvalue weighted by atomic mass is 10.1. The van der Waals surface area contributed by atoms with Crippen molar-refractivity contribution in [1.29, 1.82) is 0 Å². The lowest BCUT2D eigenvalue weighted by Crippen LogP contribution is -2.41. The largest absolute Gasteiger partial charge is 0.388 e. The van der Waals surface area contributed by atoms with Crippen LogP contribution < -0.4 is 5.32 Å². The number of aliphatic hydroxyl groups excluding tert-OH is 1. The van der Waals surface area contributed by atoms with Crippen LogP contribution in [0.15, 0.2) is 41.8 Å². The monoisotopic (exact) mass is 354 g/mol. The van der Waals surface area contributed by atoms with E-state index in [0.29, 0.717) is 11.9 Å². The van der Waals surface area contributed by atoms with Gasteiger partial charge in [-0.15, -0.1) is 11.3 Å². The minimum Gasteiger partial charge on any atom is -0.388 e. The summed E-state index contributed by atoms with van der Waals surface area (Å²) >= 11 is 1.82. The number of nitrogens with zero attached hydrogens (tertiary/aromatic N) is 3. The summed E-state index contributed by atoms with van der Waals surface area (Å²) in [6.45, 7) is 3.02. The summed E-state index contributed by atoms with van der Waals surface area (Å²) in [6.07, 6.45) is 2.31. The number of aliphatic hydroxyl groups is 1. The lowest BCUT2D eigenvalue weighted by molar-refractivity contribution is 0.210. The van der Waals surface area contributed by atoms with Gasteiger partial charge < -0.3 is 10.4 Å². The van der Waals surface area contributed by atoms with E-state index in [-0.39, 0.29) is 6.61 Å². The van der Waals surface area contributed by atoms with Crippen molar-refractivity contribution < 1.29 is 5.11 Å². The van der Waals surface area contributed by atoms with Crippen molar-refractivity contribution >= 4 is 28.1 Å². The molecule has 1 aromatic carbocycles. The molecule has 1 unspecified atom stereocenters. The summed E-state index contributed by atoms with van der Waals surface area (Å²) in [7, 11) is 0. The average Bonchev–Trinajstić information content (AvgIpc) is 3.15. The molecule has 6 heteroatoms. The van der Waals surface area contributed by atoms with Gasteiger partial charge in [0.05, 0.1) is 5.52 Å². The predicted octanol–water partition coefficient (Wildman–Crippen LogP) is 3.26. The normalized spacial score (nSPS) is 18.5. The van der Waals surface area contributed by atoms with E-state index < -0.39 is 0 Å². The van der Waals surface area contributed by atoms with Gasteiger partial charge in [0.1, 0.15) is 12.4 Å². The van der Waals surface area contributed by atoms with E-state index in [1.54, 1.807) is 0 Å². The molecule has 1 aliphatic heterocycles. The van der Waals surface area contributed by atoms with Crippen molar-refractivity contribution in [3.05, 3.63) is 52.5 Å². The quantitative estimate of drug-likeness (QED) is 0.736. The molecular weight excluding hydrogens is 332 g/mol. The van der Waals surface area contributed by atoms with Crippen LogP contribution in [0.3, 0.4) is 0 Å². The molecule has 1 saturated heterocycles. The molecule has 0 spiro atoms. The Morgan fingerprint density at radius 3 is 2.96 bits per heavy atom. The molecule has 2 aromatic heterocycles. The van der Waals surface area contributed by atoms with Gasteiger partial charge in [0.25, 0.3) is 0 Å². The summed E-state index contributed by atoms with van der Waals surface area (Å²) in [5.41, 5.74) is 0.871. The summed E-state index contributed by atoms with van der Waals surface area (Å²) in [5.74, 6) is 1.30. The van der Waals surface area contributed by atoms with Crippen molar-refractivity contribution in [2.45, 2.75) is 32.0 Å². The first kappa shape index (κ1) is 16.4. The second-order valence-corrected chi connectivity index (χ2v) is 7.49. The molecule has 0 bridgehead atoms. The maximum atomic E-state index is 9.45. The molecule has 0 saturated carbocycles. The van der Waals surface area contributed by atoms with E-state index >= 15 is 0 Å². The van der Waals surface area contributed by atoms with Crippen LogP contribution in [-0.4, -0.2) is 39.1 Å². The number of thiophene rings is 1. The third-order valence-corrected chi connectivity index (χ3v) is 5.46. The van der Waals surface area contributed by atoms with E-state index in [2.05, 4.69) is 37.7 Å². The molecule has 3 aromatic rings. The zero-order valence-corrected chi connectivity index (χ0v) is 14.9. The van der Waals surface area contributed by atoms with Crippen LogP contribution in [0.1, 0.15) is 23.5 Å². The van der Waals surface area contributed by atoms with Gasteiger partial charge in [0.15, 0.2) is 5.82 Å². The van der Waals surface area contributed by atoms with Gasteiger partial charge in [0.2, 0.25) is 0 Å². The first-order valence-corrected chi connectivity index (χ1v) is 9.57. The first-order chi connectivity index (χ1) is 12.3. The fourth-order valence-corrected chi connectivity index (χ4v) is 4.18. The Labute approximate surface area is 151 Å². The third-order valence-electron chi connectivity index (χ3n) is 4.60. The van der Waals surface area contributed by atoms with Crippen LogP contribution in [0.4, 0.5) is 5.82 Å². The second kappa shape index (κ2) is 7.47. The Morgan fingerprint density at radius 2 is 2.12 bits per heavy atom. The molecule has 130 valence electrons. The molecule has 25 heavy (non-hydrogen) atoms. The summed E-state index contributed by atoms with van der Waals surface area (Å²) in [5, 5.41) is 16.2. The number of benzene rings is 1. The minimum absolute atomic E-state index is 0.144. The summed E-state index contributed by atoms with van der Waals surface area (Å²) in [4.78, 5) is 12.8. The number of para-hydroxylation sites is 1. The highest BCUT2D eigenvalue weighted by Crippen LogP contribution is 2.24. The Kier molecular flexibility index (Phi) is 4.92. The third kappa shape index (κ3) is 3.81. The molecule has 0 radical (unpaired) electrons. The van der Waals surface area contributed by atoms with E-state index in [9.17, 15) is 5.11 Å². The zero-order chi connectivity index (χ0) is 17.1. The smallest absolute Gasteiger partial charge is 0.156 e. The van der Waals surface area contributed by atoms with Gasteiger partial charge in [-0.05, 0) is 43.0 Å². The standard InChI is InChI=1S/C19H22N4OS/c24-13-18-21-17-8-2-1-7-16(17)19(22-18)20-14-5-3-9-23(11-14)12-15-6-4-10-25-15/h1-2,4,6-8,10,14,24H,3,5,9,11-13H2,(H,20,21,22). The van der Waals surface area contributed by atoms with Gasteiger partial charge in [-0.1, -0.05) is 18.2 Å². The molecule has 3 heterocycles. The molecule has 0 amide bonds. The van der Waals surface area contributed by atoms with Gasteiger partial charge in [-0.3, -0.25) is 4.90 Å². The molecule has 1 fully saturated rings. The number of rotatable bonds is 5. The van der Waals surface area contributed by atoms with E-state index in [1.807, 2.05) is 35.6 Å². The SMILES string of the molecule is OCc1nc(NC2CCCN(Cc3cccs3)C2)c2ccccc2n1. The van der Waals surface area contributed by atoms with Crippen LogP contribution in [0, 0.1) is 0 Å². The predicted molar refractivity (Wildman–Crippen MR) is 102 cm³/mol. The number of fused-ring (bicyclic) bond motifs is 1. The fraction of sp³-hybridized carbons (Fsp3) is 0.368. The maximum absolute atomic E-state index is 9.45. The van der Waals surface area contributed by atoms with Crippen molar-refractivity contribution in [3.8, 4) is 0 Å². The van der Waals surface area contributed by atoms with Gasteiger partial charge in [0, 0.05) is 29.4 Å². The van der Waals surface area contributed by atoms with Crippen LogP contribution in [0.25, 0.3) is 10.9 Å². The number of nitrogens with one attached hydrogen (secondary N) is 1. The molecule has 1 aliphatic rings. The van der Waals surface area contributed by atoms with Crippen LogP contribution in [0.5, 0.6) is 0 Å². The number of piperidine rings is 1. The van der Waals surface area contributed by atoms with Gasteiger partial charge in [-0.25, -0.2) is 9.97 Å². The van der Waals surface area contributed by atoms with Gasteiger partial charge >= 0.3 is 0 Å². The van der Waals surface area contributed by atoms with Gasteiger partial charge in [-0.2, -0.15) is 0 Å². The number of likely N-dealkylation sites (tertiary alicyclic amines) is 1. The number of anilines is 1. The molecular formula is C19H22N4OS. The number of aromatic nitrogens is 2. The Balaban J connectivity index is 1.52. The molecule has 1 atom stereocenters. The Hall–Kier alpha value is -2.02. The van der Waals surface area contributed by atoms with E-state index in [4.69, 9.17) is 0 Å². The topological polar surface area (TPSA) is 61.3 Å². The molecule has 0 aliphatic carbocycles. The molecule has 4 rings (SSSR count). The number of hydrogen-bond acceptors (Lipinski definition) is 6. The lowest BCUT2D eigenvalue weighted by Gasteiger charge is -2.33. The Bertz CT molecular complexity index is 837. The van der Waals surface area contributed by atoms with Crippen LogP contribution in [-0.2, 0) is 13.2 Å². The minimum atomic E-state index is -0.144. The van der Waals surface area contributed by atoms with Crippen molar-refractivity contribution in [3.63, 3.8) is 0 Å². The highest BCUT2D eigenvalue weighted by Gasteiger charge is 2.21. The molecule has 2 N–H and O–H groups in total. The summed E-state index contributed by atoms with van der Waals surface area (Å²) in [6, 6.07) is 12.6. The van der Waals surface area contributed by atoms with E-state index in [1.165, 1.54) is 11.3 Å². The maximum Gasteiger partial charge on any atom is 0.156 e. The van der Waals surface area contributed by atoms with Crippen LogP contribution in [0.2, 0.25) is 0 Å². The molecule has 5 nitrogen and oxygen atoms in total. The van der Waals surface area contributed by atoms with Crippen LogP contribution >= 0.6 is 11.3 Å². The number of hydrogen-bond donors (Lipinski definition) is 2. The zero-order valence-electron chi connectivity index (χ0n) is 14.1. The average molecular weight is 354 g/mol.